The molecule has 0 aromatic heterocycles. The summed E-state index contributed by atoms with van der Waals surface area (Å²) >= 11 is 0. The quantitative estimate of drug-likeness (QED) is 0.236. The highest BCUT2D eigenvalue weighted by molar-refractivity contribution is 7.87. The van der Waals surface area contributed by atoms with Gasteiger partial charge in [0.15, 0.2) is 0 Å². The number of carbonyl (C=O) groups is 2. The van der Waals surface area contributed by atoms with Crippen LogP contribution in [0.3, 0.4) is 0 Å². The van der Waals surface area contributed by atoms with Crippen LogP contribution in [0, 0.1) is 0 Å². The second kappa shape index (κ2) is 10.5. The average molecular weight is 407 g/mol. The molecule has 10 heteroatoms. The molecule has 0 aliphatic carbocycles. The molecule has 0 amide bonds. The Hall–Kier alpha value is -1.75. The Balaban J connectivity index is 7.26. The fraction of sp³-hybridized carbons (Fsp3) is 0.647. The first-order valence-corrected chi connectivity index (χ1v) is 9.99. The fourth-order valence-electron chi connectivity index (χ4n) is 3.25. The predicted molar refractivity (Wildman–Crippen MR) is 102 cm³/mol. The van der Waals surface area contributed by atoms with Crippen LogP contribution in [-0.4, -0.2) is 67.1 Å². The highest BCUT2D eigenvalue weighted by Crippen LogP contribution is 2.43. The minimum Gasteiger partial charge on any atom is -0.478 e. The van der Waals surface area contributed by atoms with E-state index < -0.39 is 26.8 Å². The van der Waals surface area contributed by atoms with Crippen molar-refractivity contribution in [2.75, 3.05) is 27.2 Å². The molecule has 0 radical (unpaired) electrons. The number of rotatable bonds is 12. The third-order valence-electron chi connectivity index (χ3n) is 4.71. The van der Waals surface area contributed by atoms with Crippen LogP contribution >= 0.6 is 0 Å². The molecule has 0 aliphatic heterocycles. The number of aliphatic carboxylic acids is 2. The summed E-state index contributed by atoms with van der Waals surface area (Å²) in [5.74, 6) is -2.66. The Morgan fingerprint density at radius 1 is 0.889 bits per heavy atom. The topological polar surface area (TPSA) is 153 Å². The lowest BCUT2D eigenvalue weighted by atomic mass is 9.79. The maximum atomic E-state index is 12.6. The molecule has 0 saturated carbocycles. The molecule has 0 saturated heterocycles. The van der Waals surface area contributed by atoms with Crippen LogP contribution in [0.15, 0.2) is 22.3 Å². The number of hydrogen-bond donors (Lipinski definition) is 5. The van der Waals surface area contributed by atoms with Gasteiger partial charge >= 0.3 is 11.9 Å². The molecule has 0 bridgehead atoms. The Bertz CT molecular complexity index is 682. The lowest BCUT2D eigenvalue weighted by Crippen LogP contribution is -2.45. The molecule has 5 N–H and O–H groups in total. The summed E-state index contributed by atoms with van der Waals surface area (Å²) in [5.41, 5.74) is -0.517. The zero-order chi connectivity index (χ0) is 21.4. The maximum absolute atomic E-state index is 12.6. The average Bonchev–Trinajstić information content (AvgIpc) is 2.58. The first-order chi connectivity index (χ1) is 12.4. The highest BCUT2D eigenvalue weighted by Gasteiger charge is 2.50. The van der Waals surface area contributed by atoms with E-state index in [1.54, 1.807) is 14.1 Å². The molecule has 0 rings (SSSR count). The third-order valence-corrected chi connectivity index (χ3v) is 6.37. The van der Waals surface area contributed by atoms with Gasteiger partial charge in [0.1, 0.15) is 4.75 Å². The van der Waals surface area contributed by atoms with Crippen molar-refractivity contribution < 1.29 is 32.8 Å². The summed E-state index contributed by atoms with van der Waals surface area (Å²) in [6, 6.07) is 0. The molecule has 9 nitrogen and oxygen atoms in total. The normalized spacial score (nSPS) is 16.2. The molecule has 0 unspecified atom stereocenters. The molecule has 0 fully saturated rings. The summed E-state index contributed by atoms with van der Waals surface area (Å²) in [5, 5.41) is 24.6. The Morgan fingerprint density at radius 2 is 1.22 bits per heavy atom. The van der Waals surface area contributed by atoms with Gasteiger partial charge < -0.3 is 20.8 Å². The largest absolute Gasteiger partial charge is 0.478 e. The van der Waals surface area contributed by atoms with Crippen LogP contribution in [0.25, 0.3) is 0 Å². The van der Waals surface area contributed by atoms with Gasteiger partial charge in [0, 0.05) is 11.1 Å². The summed E-state index contributed by atoms with van der Waals surface area (Å²) in [6.07, 6.45) is -0.185. The van der Waals surface area contributed by atoms with Crippen molar-refractivity contribution in [1.29, 1.82) is 0 Å². The Kier molecular flexibility index (Phi) is 9.87. The molecular formula is C17H30N2O7S. The number of nitrogens with one attached hydrogen (secondary N) is 2. The minimum atomic E-state index is -4.89. The van der Waals surface area contributed by atoms with E-state index in [1.165, 1.54) is 20.8 Å². The molecule has 0 heterocycles. The van der Waals surface area contributed by atoms with E-state index in [2.05, 4.69) is 10.6 Å². The fourth-order valence-corrected chi connectivity index (χ4v) is 4.74. The predicted octanol–water partition coefficient (Wildman–Crippen LogP) is 1.04. The second-order valence-corrected chi connectivity index (χ2v) is 7.83. The maximum Gasteiger partial charge on any atom is 0.331 e. The lowest BCUT2D eigenvalue weighted by Gasteiger charge is -2.37. The van der Waals surface area contributed by atoms with Crippen LogP contribution in [0.5, 0.6) is 0 Å². The third kappa shape index (κ3) is 5.61. The Labute approximate surface area is 160 Å². The van der Waals surface area contributed by atoms with E-state index >= 15 is 0 Å². The van der Waals surface area contributed by atoms with Gasteiger partial charge in [-0.1, -0.05) is 6.92 Å². The van der Waals surface area contributed by atoms with Crippen LogP contribution in [0.1, 0.15) is 40.0 Å². The summed E-state index contributed by atoms with van der Waals surface area (Å²) < 4.78 is 33.3. The van der Waals surface area contributed by atoms with Gasteiger partial charge in [-0.3, -0.25) is 4.55 Å². The standard InChI is InChI=1S/C17H30N2O7S/c1-6-17(27(24,25)26,13(7-9-18-4)11(2)15(20)21)14(8-10-19-5)12(3)16(22)23/h18-19H,6-10H2,1-5H3,(H,20,21)(H,22,23)(H,24,25,26). The van der Waals surface area contributed by atoms with Crippen LogP contribution in [-0.2, 0) is 19.7 Å². The molecule has 0 aliphatic rings. The van der Waals surface area contributed by atoms with Gasteiger partial charge in [-0.2, -0.15) is 8.42 Å². The molecule has 0 aromatic carbocycles. The van der Waals surface area contributed by atoms with Crippen molar-refractivity contribution >= 4 is 22.1 Å². The summed E-state index contributed by atoms with van der Waals surface area (Å²) in [6.45, 7) is 4.51. The van der Waals surface area contributed by atoms with Gasteiger partial charge in [-0.15, -0.1) is 0 Å². The van der Waals surface area contributed by atoms with Crippen LogP contribution in [0.2, 0.25) is 0 Å². The zero-order valence-electron chi connectivity index (χ0n) is 16.4. The van der Waals surface area contributed by atoms with Crippen molar-refractivity contribution in [3.05, 3.63) is 22.3 Å². The smallest absolute Gasteiger partial charge is 0.331 e. The molecule has 0 spiro atoms. The molecule has 156 valence electrons. The molecule has 0 aromatic rings. The number of carboxylic acid groups (broad SMARTS) is 2. The highest BCUT2D eigenvalue weighted by atomic mass is 32.2. The van der Waals surface area contributed by atoms with Gasteiger partial charge in [0.05, 0.1) is 0 Å². The van der Waals surface area contributed by atoms with Crippen LogP contribution < -0.4 is 10.6 Å². The molecule has 27 heavy (non-hydrogen) atoms. The van der Waals surface area contributed by atoms with Gasteiger partial charge in [-0.05, 0) is 71.4 Å². The van der Waals surface area contributed by atoms with Gasteiger partial charge in [-0.25, -0.2) is 9.59 Å². The molecular weight excluding hydrogens is 376 g/mol. The molecule has 0 atom stereocenters. The van der Waals surface area contributed by atoms with Gasteiger partial charge in [0.2, 0.25) is 0 Å². The monoisotopic (exact) mass is 406 g/mol. The number of hydrogen-bond acceptors (Lipinski definition) is 6. The van der Waals surface area contributed by atoms with E-state index in [-0.39, 0.29) is 54.6 Å². The lowest BCUT2D eigenvalue weighted by molar-refractivity contribution is -0.133. The van der Waals surface area contributed by atoms with Crippen LogP contribution in [0.4, 0.5) is 0 Å². The number of carboxylic acids is 2. The van der Waals surface area contributed by atoms with E-state index in [4.69, 9.17) is 0 Å². The first kappa shape index (κ1) is 25.2. The second-order valence-electron chi connectivity index (χ2n) is 6.18. The summed E-state index contributed by atoms with van der Waals surface area (Å²) in [7, 11) is -1.65. The van der Waals surface area contributed by atoms with Crippen molar-refractivity contribution in [3.8, 4) is 0 Å². The Morgan fingerprint density at radius 3 is 1.41 bits per heavy atom. The SMILES string of the molecule is CCC(C(CCNC)=C(C)C(=O)O)(C(CCNC)=C(C)C(=O)O)S(=O)(=O)O. The van der Waals surface area contributed by atoms with Crippen molar-refractivity contribution in [2.45, 2.75) is 44.8 Å². The van der Waals surface area contributed by atoms with Crippen molar-refractivity contribution in [3.63, 3.8) is 0 Å². The first-order valence-electron chi connectivity index (χ1n) is 8.55. The van der Waals surface area contributed by atoms with E-state index in [9.17, 15) is 32.8 Å². The van der Waals surface area contributed by atoms with E-state index in [0.717, 1.165) is 0 Å². The minimum absolute atomic E-state index is 0.0121. The van der Waals surface area contributed by atoms with Gasteiger partial charge in [0.25, 0.3) is 10.1 Å². The summed E-state index contributed by atoms with van der Waals surface area (Å²) in [4.78, 5) is 23.3. The van der Waals surface area contributed by atoms with E-state index in [0.29, 0.717) is 0 Å². The van der Waals surface area contributed by atoms with Crippen molar-refractivity contribution in [1.82, 2.24) is 10.6 Å². The van der Waals surface area contributed by atoms with Crippen molar-refractivity contribution in [2.24, 2.45) is 0 Å². The zero-order valence-corrected chi connectivity index (χ0v) is 17.2. The van der Waals surface area contributed by atoms with E-state index in [1.807, 2.05) is 0 Å².